The van der Waals surface area contributed by atoms with E-state index in [1.807, 2.05) is 44.3 Å². The first-order valence-corrected chi connectivity index (χ1v) is 11.5. The van der Waals surface area contributed by atoms with Crippen molar-refractivity contribution in [3.63, 3.8) is 0 Å². The first-order valence-electron chi connectivity index (χ1n) is 11.5. The minimum absolute atomic E-state index is 0.0239. The van der Waals surface area contributed by atoms with Crippen LogP contribution in [-0.4, -0.2) is 66.0 Å². The second kappa shape index (κ2) is 10.6. The molecule has 1 saturated heterocycles. The van der Waals surface area contributed by atoms with Crippen molar-refractivity contribution in [2.24, 2.45) is 0 Å². The molecule has 3 amide bonds. The van der Waals surface area contributed by atoms with Gasteiger partial charge in [0.1, 0.15) is 5.82 Å². The summed E-state index contributed by atoms with van der Waals surface area (Å²) in [6.45, 7) is 4.76. The van der Waals surface area contributed by atoms with Crippen LogP contribution < -0.4 is 10.6 Å². The van der Waals surface area contributed by atoms with Crippen LogP contribution in [0.15, 0.2) is 54.6 Å². The van der Waals surface area contributed by atoms with E-state index in [2.05, 4.69) is 20.5 Å². The van der Waals surface area contributed by atoms with Gasteiger partial charge in [-0.25, -0.2) is 9.18 Å². The number of carbonyl (C=O) groups is 2. The van der Waals surface area contributed by atoms with Crippen molar-refractivity contribution in [3.05, 3.63) is 71.7 Å². The molecule has 7 nitrogen and oxygen atoms in total. The number of amides is 3. The van der Waals surface area contributed by atoms with Crippen molar-refractivity contribution in [2.45, 2.75) is 25.8 Å². The maximum Gasteiger partial charge on any atom is 0.319 e. The molecule has 0 saturated carbocycles. The molecule has 1 unspecified atom stereocenters. The number of likely N-dealkylation sites (tertiary alicyclic amines) is 1. The molecule has 1 aromatic heterocycles. The van der Waals surface area contributed by atoms with Gasteiger partial charge < -0.3 is 15.5 Å². The number of urea groups is 1. The Morgan fingerprint density at radius 1 is 1.18 bits per heavy atom. The molecule has 1 fully saturated rings. The monoisotopic (exact) mass is 463 g/mol. The average molecular weight is 464 g/mol. The quantitative estimate of drug-likeness (QED) is 0.562. The van der Waals surface area contributed by atoms with Crippen LogP contribution in [0.3, 0.4) is 0 Å². The molecule has 178 valence electrons. The minimum atomic E-state index is -0.303. The SMILES string of the molecule is Cc1cc(NC(=O)NCCN2CCC(N(C)C(=O)Cc3ccc(F)cc3)C2)c2ccccc2n1. The van der Waals surface area contributed by atoms with Gasteiger partial charge in [-0.15, -0.1) is 0 Å². The van der Waals surface area contributed by atoms with Crippen molar-refractivity contribution in [1.82, 2.24) is 20.1 Å². The second-order valence-electron chi connectivity index (χ2n) is 8.76. The zero-order valence-corrected chi connectivity index (χ0v) is 19.6. The number of nitrogens with zero attached hydrogens (tertiary/aromatic N) is 3. The standard InChI is InChI=1S/C26H30FN5O2/c1-18-15-24(22-5-3-4-6-23(22)29-18)30-26(34)28-12-14-32-13-11-21(17-32)31(2)25(33)16-19-7-9-20(27)10-8-19/h3-10,15,21H,11-14,16-17H2,1-2H3,(H2,28,29,30,34). The first kappa shape index (κ1) is 23.6. The maximum absolute atomic E-state index is 13.1. The number of para-hydroxylation sites is 1. The smallest absolute Gasteiger partial charge is 0.319 e. The van der Waals surface area contributed by atoms with Gasteiger partial charge in [0.25, 0.3) is 0 Å². The van der Waals surface area contributed by atoms with Gasteiger partial charge in [-0.3, -0.25) is 14.7 Å². The Kier molecular flexibility index (Phi) is 7.37. The summed E-state index contributed by atoms with van der Waals surface area (Å²) in [6, 6.07) is 15.5. The summed E-state index contributed by atoms with van der Waals surface area (Å²) in [7, 11) is 1.83. The van der Waals surface area contributed by atoms with Crippen molar-refractivity contribution < 1.29 is 14.0 Å². The third-order valence-electron chi connectivity index (χ3n) is 6.26. The van der Waals surface area contributed by atoms with Gasteiger partial charge in [-0.1, -0.05) is 30.3 Å². The molecule has 1 atom stereocenters. The van der Waals surface area contributed by atoms with E-state index in [0.29, 0.717) is 13.1 Å². The summed E-state index contributed by atoms with van der Waals surface area (Å²) in [4.78, 5) is 33.6. The lowest BCUT2D eigenvalue weighted by atomic mass is 10.1. The number of hydrogen-bond acceptors (Lipinski definition) is 4. The van der Waals surface area contributed by atoms with E-state index in [0.717, 1.165) is 47.4 Å². The number of fused-ring (bicyclic) bond motifs is 1. The Bertz CT molecular complexity index is 1170. The van der Waals surface area contributed by atoms with Crippen molar-refractivity contribution in [1.29, 1.82) is 0 Å². The van der Waals surface area contributed by atoms with Crippen molar-refractivity contribution in [3.8, 4) is 0 Å². The minimum Gasteiger partial charge on any atom is -0.341 e. The Morgan fingerprint density at radius 2 is 1.94 bits per heavy atom. The molecule has 0 spiro atoms. The molecule has 1 aliphatic heterocycles. The molecule has 2 N–H and O–H groups in total. The molecule has 0 radical (unpaired) electrons. The number of carbonyl (C=O) groups excluding carboxylic acids is 2. The van der Waals surface area contributed by atoms with Crippen LogP contribution in [0, 0.1) is 12.7 Å². The number of nitrogens with one attached hydrogen (secondary N) is 2. The van der Waals surface area contributed by atoms with Crippen LogP contribution in [0.2, 0.25) is 0 Å². The van der Waals surface area contributed by atoms with E-state index in [4.69, 9.17) is 0 Å². The van der Waals surface area contributed by atoms with E-state index in [-0.39, 0.29) is 30.2 Å². The highest BCUT2D eigenvalue weighted by Crippen LogP contribution is 2.22. The fraction of sp³-hybridized carbons (Fsp3) is 0.346. The molecule has 8 heteroatoms. The third kappa shape index (κ3) is 5.88. The van der Waals surface area contributed by atoms with Crippen LogP contribution >= 0.6 is 0 Å². The summed E-state index contributed by atoms with van der Waals surface area (Å²) >= 11 is 0. The molecule has 2 aromatic carbocycles. The number of likely N-dealkylation sites (N-methyl/N-ethyl adjacent to an activating group) is 1. The van der Waals surface area contributed by atoms with Crippen LogP contribution in [0.5, 0.6) is 0 Å². The summed E-state index contributed by atoms with van der Waals surface area (Å²) < 4.78 is 13.1. The molecule has 0 bridgehead atoms. The predicted molar refractivity (Wildman–Crippen MR) is 131 cm³/mol. The van der Waals surface area contributed by atoms with Crippen molar-refractivity contribution >= 4 is 28.5 Å². The number of hydrogen-bond donors (Lipinski definition) is 2. The third-order valence-corrected chi connectivity index (χ3v) is 6.26. The number of pyridine rings is 1. The molecule has 3 aromatic rings. The molecule has 0 aliphatic carbocycles. The van der Waals surface area contributed by atoms with Crippen molar-refractivity contribution in [2.75, 3.05) is 38.5 Å². The lowest BCUT2D eigenvalue weighted by molar-refractivity contribution is -0.131. The van der Waals surface area contributed by atoms with E-state index < -0.39 is 0 Å². The molecular formula is C26H30FN5O2. The average Bonchev–Trinajstić information content (AvgIpc) is 3.28. The summed E-state index contributed by atoms with van der Waals surface area (Å²) in [6.07, 6.45) is 1.15. The second-order valence-corrected chi connectivity index (χ2v) is 8.76. The fourth-order valence-electron chi connectivity index (χ4n) is 4.34. The largest absolute Gasteiger partial charge is 0.341 e. The number of halogens is 1. The molecule has 1 aliphatic rings. The molecular weight excluding hydrogens is 433 g/mol. The van der Waals surface area contributed by atoms with E-state index in [1.54, 1.807) is 17.0 Å². The number of anilines is 1. The topological polar surface area (TPSA) is 77.6 Å². The van der Waals surface area contributed by atoms with Crippen LogP contribution in [0.1, 0.15) is 17.7 Å². The summed E-state index contributed by atoms with van der Waals surface area (Å²) in [5.74, 6) is -0.279. The Morgan fingerprint density at radius 3 is 2.74 bits per heavy atom. The normalized spacial score (nSPS) is 15.9. The lowest BCUT2D eigenvalue weighted by Gasteiger charge is -2.25. The van der Waals surface area contributed by atoms with Crippen LogP contribution in [-0.2, 0) is 11.2 Å². The van der Waals surface area contributed by atoms with Gasteiger partial charge >= 0.3 is 6.03 Å². The number of aromatic nitrogens is 1. The molecule has 4 rings (SSSR count). The highest BCUT2D eigenvalue weighted by molar-refractivity contribution is 6.00. The fourth-order valence-corrected chi connectivity index (χ4v) is 4.34. The van der Waals surface area contributed by atoms with Gasteiger partial charge in [0.2, 0.25) is 5.91 Å². The first-order chi connectivity index (χ1) is 16.4. The Labute approximate surface area is 199 Å². The van der Waals surface area contributed by atoms with E-state index >= 15 is 0 Å². The molecule has 2 heterocycles. The molecule has 34 heavy (non-hydrogen) atoms. The van der Waals surface area contributed by atoms with Gasteiger partial charge in [-0.2, -0.15) is 0 Å². The Balaban J connectivity index is 1.22. The van der Waals surface area contributed by atoms with Gasteiger partial charge in [0.15, 0.2) is 0 Å². The summed E-state index contributed by atoms with van der Waals surface area (Å²) in [5.41, 5.74) is 3.23. The number of benzene rings is 2. The zero-order chi connectivity index (χ0) is 24.1. The lowest BCUT2D eigenvalue weighted by Crippen LogP contribution is -2.41. The number of aryl methyl sites for hydroxylation is 1. The van der Waals surface area contributed by atoms with Gasteiger partial charge in [0.05, 0.1) is 17.6 Å². The highest BCUT2D eigenvalue weighted by atomic mass is 19.1. The van der Waals surface area contributed by atoms with Crippen LogP contribution in [0.25, 0.3) is 10.9 Å². The zero-order valence-electron chi connectivity index (χ0n) is 19.6. The van der Waals surface area contributed by atoms with Gasteiger partial charge in [-0.05, 0) is 43.2 Å². The van der Waals surface area contributed by atoms with Crippen LogP contribution in [0.4, 0.5) is 14.9 Å². The summed E-state index contributed by atoms with van der Waals surface area (Å²) in [5, 5.41) is 6.76. The van der Waals surface area contributed by atoms with Gasteiger partial charge in [0, 0.05) is 50.3 Å². The number of rotatable bonds is 7. The highest BCUT2D eigenvalue weighted by Gasteiger charge is 2.28. The van der Waals surface area contributed by atoms with E-state index in [9.17, 15) is 14.0 Å². The predicted octanol–water partition coefficient (Wildman–Crippen LogP) is 3.58. The maximum atomic E-state index is 13.1. The Hall–Kier alpha value is -3.52. The van der Waals surface area contributed by atoms with E-state index in [1.165, 1.54) is 12.1 Å².